The van der Waals surface area contributed by atoms with Crippen LogP contribution in [0.2, 0.25) is 0 Å². The van der Waals surface area contributed by atoms with Crippen molar-refractivity contribution >= 4 is 11.8 Å². The molecule has 0 amide bonds. The van der Waals surface area contributed by atoms with Crippen LogP contribution in [0.4, 0.5) is 8.78 Å². The summed E-state index contributed by atoms with van der Waals surface area (Å²) in [5, 5.41) is 9.28. The van der Waals surface area contributed by atoms with Crippen molar-refractivity contribution in [2.75, 3.05) is 0 Å². The highest BCUT2D eigenvalue weighted by Gasteiger charge is 2.05. The average molecular weight is 253 g/mol. The molecule has 0 spiro atoms. The molecule has 0 atom stereocenters. The maximum absolute atomic E-state index is 12.1. The van der Waals surface area contributed by atoms with Crippen molar-refractivity contribution in [1.82, 2.24) is 4.98 Å². The van der Waals surface area contributed by atoms with Gasteiger partial charge in [-0.25, -0.2) is 0 Å². The zero-order chi connectivity index (χ0) is 12.3. The first-order valence-electron chi connectivity index (χ1n) is 4.84. The molecule has 0 aliphatic carbocycles. The van der Waals surface area contributed by atoms with E-state index in [0.29, 0.717) is 16.7 Å². The van der Waals surface area contributed by atoms with Gasteiger partial charge in [0.2, 0.25) is 0 Å². The van der Waals surface area contributed by atoms with E-state index in [1.54, 1.807) is 36.5 Å². The number of rotatable bonds is 3. The second-order valence-electron chi connectivity index (χ2n) is 3.33. The molecule has 0 saturated heterocycles. The highest BCUT2D eigenvalue weighted by atomic mass is 32.2. The number of hydrogen-bond donors (Lipinski definition) is 1. The number of aromatic hydroxyl groups is 1. The third kappa shape index (κ3) is 3.17. The van der Waals surface area contributed by atoms with E-state index in [-0.39, 0.29) is 5.75 Å². The van der Waals surface area contributed by atoms with Crippen molar-refractivity contribution in [3.8, 4) is 16.9 Å². The Morgan fingerprint density at radius 1 is 1.06 bits per heavy atom. The van der Waals surface area contributed by atoms with Crippen molar-refractivity contribution in [2.24, 2.45) is 0 Å². The second-order valence-corrected chi connectivity index (χ2v) is 4.40. The van der Waals surface area contributed by atoms with Gasteiger partial charge in [0, 0.05) is 16.7 Å². The smallest absolute Gasteiger partial charge is 0.288 e. The molecule has 0 saturated carbocycles. The molecule has 5 heteroatoms. The molecule has 88 valence electrons. The lowest BCUT2D eigenvalue weighted by Crippen LogP contribution is -1.83. The average Bonchev–Trinajstić information content (AvgIpc) is 2.29. The van der Waals surface area contributed by atoms with Crippen molar-refractivity contribution in [3.05, 3.63) is 42.7 Å². The fourth-order valence-electron chi connectivity index (χ4n) is 1.41. The number of hydrogen-bond acceptors (Lipinski definition) is 3. The Morgan fingerprint density at radius 3 is 2.35 bits per heavy atom. The van der Waals surface area contributed by atoms with Crippen LogP contribution in [-0.4, -0.2) is 15.8 Å². The van der Waals surface area contributed by atoms with E-state index < -0.39 is 5.76 Å². The fraction of sp³-hybridized carbons (Fsp3) is 0.0833. The molecule has 0 unspecified atom stereocenters. The molecular formula is C12H9F2NOS. The Bertz CT molecular complexity index is 502. The molecule has 2 nitrogen and oxygen atoms in total. The molecular weight excluding hydrogens is 244 g/mol. The topological polar surface area (TPSA) is 33.1 Å². The van der Waals surface area contributed by atoms with E-state index in [2.05, 4.69) is 4.98 Å². The zero-order valence-electron chi connectivity index (χ0n) is 8.68. The molecule has 2 aromatic rings. The Hall–Kier alpha value is -1.62. The molecule has 1 aromatic heterocycles. The van der Waals surface area contributed by atoms with Gasteiger partial charge in [-0.1, -0.05) is 23.9 Å². The fourth-order valence-corrected chi connectivity index (χ4v) is 1.91. The third-order valence-electron chi connectivity index (χ3n) is 2.14. The summed E-state index contributed by atoms with van der Waals surface area (Å²) in [6.45, 7) is 0. The quantitative estimate of drug-likeness (QED) is 0.845. The standard InChI is InChI=1S/C12H9F2NOS/c13-12(14)17-11-3-1-8(2-4-11)9-5-10(16)7-15-6-9/h1-7,12,16H. The summed E-state index contributed by atoms with van der Waals surface area (Å²) >= 11 is 0.507. The highest BCUT2D eigenvalue weighted by molar-refractivity contribution is 7.99. The van der Waals surface area contributed by atoms with Crippen LogP contribution in [0.25, 0.3) is 11.1 Å². The SMILES string of the molecule is Oc1cncc(-c2ccc(SC(F)F)cc2)c1. The zero-order valence-corrected chi connectivity index (χ0v) is 9.49. The van der Waals surface area contributed by atoms with E-state index in [0.717, 1.165) is 11.1 Å². The van der Waals surface area contributed by atoms with Gasteiger partial charge in [-0.05, 0) is 23.8 Å². The molecule has 0 bridgehead atoms. The van der Waals surface area contributed by atoms with Crippen molar-refractivity contribution in [1.29, 1.82) is 0 Å². The van der Waals surface area contributed by atoms with E-state index in [9.17, 15) is 13.9 Å². The molecule has 0 radical (unpaired) electrons. The molecule has 1 aromatic carbocycles. The summed E-state index contributed by atoms with van der Waals surface area (Å²) in [6, 6.07) is 8.26. The van der Waals surface area contributed by atoms with Gasteiger partial charge >= 0.3 is 0 Å². The molecule has 0 aliphatic rings. The van der Waals surface area contributed by atoms with Gasteiger partial charge in [0.1, 0.15) is 5.75 Å². The molecule has 2 rings (SSSR count). The Labute approximate surface area is 101 Å². The Morgan fingerprint density at radius 2 is 1.76 bits per heavy atom. The molecule has 17 heavy (non-hydrogen) atoms. The van der Waals surface area contributed by atoms with Crippen LogP contribution in [0.5, 0.6) is 5.75 Å². The third-order valence-corrected chi connectivity index (χ3v) is 2.86. The summed E-state index contributed by atoms with van der Waals surface area (Å²) in [5.74, 6) is -2.34. The number of halogens is 2. The van der Waals surface area contributed by atoms with Gasteiger partial charge in [-0.2, -0.15) is 8.78 Å². The van der Waals surface area contributed by atoms with Gasteiger partial charge in [0.05, 0.1) is 6.20 Å². The van der Waals surface area contributed by atoms with Crippen LogP contribution in [0.15, 0.2) is 47.6 Å². The lowest BCUT2D eigenvalue weighted by Gasteiger charge is -2.04. The lowest BCUT2D eigenvalue weighted by atomic mass is 10.1. The first-order valence-corrected chi connectivity index (χ1v) is 5.72. The summed E-state index contributed by atoms with van der Waals surface area (Å²) in [7, 11) is 0. The van der Waals surface area contributed by atoms with Gasteiger partial charge in [0.25, 0.3) is 5.76 Å². The first-order chi connectivity index (χ1) is 8.15. The van der Waals surface area contributed by atoms with E-state index in [1.165, 1.54) is 6.20 Å². The van der Waals surface area contributed by atoms with Crippen LogP contribution in [0.3, 0.4) is 0 Å². The lowest BCUT2D eigenvalue weighted by molar-refractivity contribution is 0.252. The van der Waals surface area contributed by atoms with Gasteiger partial charge in [0.15, 0.2) is 0 Å². The van der Waals surface area contributed by atoms with E-state index in [1.807, 2.05) is 0 Å². The minimum atomic E-state index is -2.41. The highest BCUT2D eigenvalue weighted by Crippen LogP contribution is 2.28. The van der Waals surface area contributed by atoms with Crippen LogP contribution >= 0.6 is 11.8 Å². The number of pyridine rings is 1. The number of alkyl halides is 2. The largest absolute Gasteiger partial charge is 0.506 e. The monoisotopic (exact) mass is 253 g/mol. The summed E-state index contributed by atoms with van der Waals surface area (Å²) in [6.07, 6.45) is 2.94. The van der Waals surface area contributed by atoms with Gasteiger partial charge in [-0.15, -0.1) is 0 Å². The number of aromatic nitrogens is 1. The van der Waals surface area contributed by atoms with Crippen LogP contribution in [0.1, 0.15) is 0 Å². The van der Waals surface area contributed by atoms with Crippen molar-refractivity contribution in [2.45, 2.75) is 10.7 Å². The summed E-state index contributed by atoms with van der Waals surface area (Å²) in [4.78, 5) is 4.37. The normalized spacial score (nSPS) is 10.8. The summed E-state index contributed by atoms with van der Waals surface area (Å²) < 4.78 is 24.2. The van der Waals surface area contributed by atoms with Crippen LogP contribution in [0, 0.1) is 0 Å². The predicted molar refractivity (Wildman–Crippen MR) is 63.2 cm³/mol. The van der Waals surface area contributed by atoms with Crippen molar-refractivity contribution < 1.29 is 13.9 Å². The Balaban J connectivity index is 2.23. The maximum atomic E-state index is 12.1. The second kappa shape index (κ2) is 5.14. The maximum Gasteiger partial charge on any atom is 0.288 e. The molecule has 0 fully saturated rings. The minimum absolute atomic E-state index is 0.0773. The van der Waals surface area contributed by atoms with Crippen LogP contribution in [-0.2, 0) is 0 Å². The molecule has 1 N–H and O–H groups in total. The van der Waals surface area contributed by atoms with Crippen molar-refractivity contribution in [3.63, 3.8) is 0 Å². The van der Waals surface area contributed by atoms with Crippen LogP contribution < -0.4 is 0 Å². The number of thioether (sulfide) groups is 1. The van der Waals surface area contributed by atoms with E-state index in [4.69, 9.17) is 0 Å². The van der Waals surface area contributed by atoms with E-state index >= 15 is 0 Å². The number of benzene rings is 1. The predicted octanol–water partition coefficient (Wildman–Crippen LogP) is 3.77. The molecule has 0 aliphatic heterocycles. The first kappa shape index (κ1) is 11.9. The minimum Gasteiger partial charge on any atom is -0.506 e. The summed E-state index contributed by atoms with van der Waals surface area (Å²) in [5.41, 5.74) is 1.57. The molecule has 1 heterocycles. The van der Waals surface area contributed by atoms with Gasteiger partial charge < -0.3 is 5.11 Å². The Kier molecular flexibility index (Phi) is 3.58. The number of nitrogens with zero attached hydrogens (tertiary/aromatic N) is 1. The van der Waals surface area contributed by atoms with Gasteiger partial charge in [-0.3, -0.25) is 4.98 Å².